The van der Waals surface area contributed by atoms with Gasteiger partial charge in [-0.05, 0) is 53.9 Å². The first kappa shape index (κ1) is 25.2. The molecule has 2 aliphatic heterocycles. The van der Waals surface area contributed by atoms with Crippen LogP contribution in [0, 0.1) is 6.92 Å². The standard InChI is InChI=1S/C33H27NO6/c1-21-18-24(12-14-26(21)40-20-22-8-4-2-5-9-22)31(35)29-30(23-10-6-3-7-11-23)34(33(37)32(29)36)25-13-15-27-28(19-25)39-17-16-38-27/h2-15,18-19,30,35H,16-17,20H2,1H3/b31-29+. The van der Waals surface area contributed by atoms with E-state index in [0.717, 1.165) is 11.1 Å². The van der Waals surface area contributed by atoms with Crippen molar-refractivity contribution in [3.8, 4) is 17.2 Å². The van der Waals surface area contributed by atoms with Gasteiger partial charge in [-0.15, -0.1) is 0 Å². The van der Waals surface area contributed by atoms with Crippen molar-refractivity contribution in [1.29, 1.82) is 0 Å². The van der Waals surface area contributed by atoms with Crippen molar-refractivity contribution in [3.63, 3.8) is 0 Å². The smallest absolute Gasteiger partial charge is 0.300 e. The highest BCUT2D eigenvalue weighted by atomic mass is 16.6. The summed E-state index contributed by atoms with van der Waals surface area (Å²) >= 11 is 0. The van der Waals surface area contributed by atoms with Crippen molar-refractivity contribution in [1.82, 2.24) is 0 Å². The summed E-state index contributed by atoms with van der Waals surface area (Å²) in [4.78, 5) is 28.4. The highest BCUT2D eigenvalue weighted by molar-refractivity contribution is 6.51. The van der Waals surface area contributed by atoms with E-state index < -0.39 is 17.7 Å². The highest BCUT2D eigenvalue weighted by Crippen LogP contribution is 2.44. The average molecular weight is 534 g/mol. The first-order chi connectivity index (χ1) is 19.5. The van der Waals surface area contributed by atoms with Gasteiger partial charge in [0.2, 0.25) is 0 Å². The van der Waals surface area contributed by atoms with Crippen molar-refractivity contribution in [3.05, 3.63) is 125 Å². The predicted molar refractivity (Wildman–Crippen MR) is 151 cm³/mol. The number of hydrogen-bond acceptors (Lipinski definition) is 6. The molecule has 0 bridgehead atoms. The number of ether oxygens (including phenoxy) is 3. The second-order valence-corrected chi connectivity index (χ2v) is 9.66. The summed E-state index contributed by atoms with van der Waals surface area (Å²) in [5.74, 6) is 0.00341. The Bertz CT molecular complexity index is 1610. The van der Waals surface area contributed by atoms with Crippen molar-refractivity contribution in [2.45, 2.75) is 19.6 Å². The number of aryl methyl sites for hydroxylation is 1. The van der Waals surface area contributed by atoms with E-state index in [2.05, 4.69) is 0 Å². The molecule has 7 nitrogen and oxygen atoms in total. The molecule has 1 atom stereocenters. The third-order valence-corrected chi connectivity index (χ3v) is 7.05. The molecular weight excluding hydrogens is 506 g/mol. The molecule has 1 fully saturated rings. The summed E-state index contributed by atoms with van der Waals surface area (Å²) in [5.41, 5.74) is 3.43. The molecule has 4 aromatic rings. The molecule has 40 heavy (non-hydrogen) atoms. The van der Waals surface area contributed by atoms with Crippen LogP contribution in [0.3, 0.4) is 0 Å². The lowest BCUT2D eigenvalue weighted by Crippen LogP contribution is -2.29. The number of carbonyl (C=O) groups excluding carboxylic acids is 2. The number of fused-ring (bicyclic) bond motifs is 1. The van der Waals surface area contributed by atoms with Gasteiger partial charge in [0.1, 0.15) is 31.3 Å². The van der Waals surface area contributed by atoms with Crippen LogP contribution in [0.15, 0.2) is 103 Å². The van der Waals surface area contributed by atoms with E-state index >= 15 is 0 Å². The van der Waals surface area contributed by atoms with E-state index in [4.69, 9.17) is 14.2 Å². The van der Waals surface area contributed by atoms with Gasteiger partial charge in [-0.1, -0.05) is 60.7 Å². The fourth-order valence-corrected chi connectivity index (χ4v) is 5.08. The summed E-state index contributed by atoms with van der Waals surface area (Å²) in [7, 11) is 0. The Kier molecular flexibility index (Phi) is 6.70. The zero-order chi connectivity index (χ0) is 27.6. The molecule has 0 radical (unpaired) electrons. The summed E-state index contributed by atoms with van der Waals surface area (Å²) in [5, 5.41) is 11.5. The molecule has 4 aromatic carbocycles. The lowest BCUT2D eigenvalue weighted by Gasteiger charge is -2.27. The summed E-state index contributed by atoms with van der Waals surface area (Å²) in [6, 6.07) is 28.6. The van der Waals surface area contributed by atoms with Crippen molar-refractivity contribution in [2.24, 2.45) is 0 Å². The SMILES string of the molecule is Cc1cc(/C(O)=C2\C(=O)C(=O)N(c3ccc4c(c3)OCCO4)C2c2ccccc2)ccc1OCc1ccccc1. The van der Waals surface area contributed by atoms with Crippen LogP contribution in [-0.2, 0) is 16.2 Å². The lowest BCUT2D eigenvalue weighted by molar-refractivity contribution is -0.132. The number of hydrogen-bond donors (Lipinski definition) is 1. The van der Waals surface area contributed by atoms with E-state index in [-0.39, 0.29) is 11.3 Å². The molecule has 1 saturated heterocycles. The minimum atomic E-state index is -0.835. The van der Waals surface area contributed by atoms with Gasteiger partial charge >= 0.3 is 0 Å². The largest absolute Gasteiger partial charge is 0.507 e. The van der Waals surface area contributed by atoms with Crippen molar-refractivity contribution < 1.29 is 28.9 Å². The molecule has 1 N–H and O–H groups in total. The molecule has 1 amide bonds. The molecular formula is C33H27NO6. The first-order valence-electron chi connectivity index (χ1n) is 13.0. The molecule has 2 aliphatic rings. The monoisotopic (exact) mass is 533 g/mol. The van der Waals surface area contributed by atoms with E-state index in [1.807, 2.05) is 67.6 Å². The van der Waals surface area contributed by atoms with Gasteiger partial charge in [0, 0.05) is 17.3 Å². The third-order valence-electron chi connectivity index (χ3n) is 7.05. The van der Waals surface area contributed by atoms with E-state index in [9.17, 15) is 14.7 Å². The number of Topliss-reactive ketones (excluding diaryl/α,β-unsaturated/α-hetero) is 1. The lowest BCUT2D eigenvalue weighted by atomic mass is 9.94. The Hall–Kier alpha value is -5.04. The Balaban J connectivity index is 1.39. The summed E-state index contributed by atoms with van der Waals surface area (Å²) in [6.07, 6.45) is 0. The van der Waals surface area contributed by atoms with Gasteiger partial charge < -0.3 is 19.3 Å². The Labute approximate surface area is 231 Å². The molecule has 1 unspecified atom stereocenters. The highest BCUT2D eigenvalue weighted by Gasteiger charge is 2.47. The van der Waals surface area contributed by atoms with Crippen LogP contribution in [0.2, 0.25) is 0 Å². The quantitative estimate of drug-likeness (QED) is 0.187. The van der Waals surface area contributed by atoms with Crippen molar-refractivity contribution >= 4 is 23.1 Å². The maximum absolute atomic E-state index is 13.5. The van der Waals surface area contributed by atoms with E-state index in [0.29, 0.717) is 53.9 Å². The fourth-order valence-electron chi connectivity index (χ4n) is 5.08. The van der Waals surface area contributed by atoms with E-state index in [1.165, 1.54) is 4.90 Å². The second kappa shape index (κ2) is 10.6. The number of nitrogens with zero attached hydrogens (tertiary/aromatic N) is 1. The first-order valence-corrected chi connectivity index (χ1v) is 13.0. The third kappa shape index (κ3) is 4.66. The van der Waals surface area contributed by atoms with Crippen LogP contribution in [-0.4, -0.2) is 30.0 Å². The summed E-state index contributed by atoms with van der Waals surface area (Å²) in [6.45, 7) is 3.11. The number of anilines is 1. The number of carbonyl (C=O) groups is 2. The molecule has 0 saturated carbocycles. The van der Waals surface area contributed by atoms with Crippen LogP contribution >= 0.6 is 0 Å². The number of aliphatic hydroxyl groups is 1. The van der Waals surface area contributed by atoms with Gasteiger partial charge in [0.25, 0.3) is 11.7 Å². The zero-order valence-electron chi connectivity index (χ0n) is 21.9. The molecule has 0 aliphatic carbocycles. The predicted octanol–water partition coefficient (Wildman–Crippen LogP) is 5.97. The molecule has 2 heterocycles. The minimum Gasteiger partial charge on any atom is -0.507 e. The van der Waals surface area contributed by atoms with Crippen LogP contribution in [0.4, 0.5) is 5.69 Å². The molecule has 0 aromatic heterocycles. The van der Waals surface area contributed by atoms with Gasteiger partial charge in [0.15, 0.2) is 11.5 Å². The van der Waals surface area contributed by atoms with Gasteiger partial charge in [-0.2, -0.15) is 0 Å². The number of rotatable bonds is 6. The maximum atomic E-state index is 13.5. The number of aliphatic hydroxyl groups excluding tert-OH is 1. The summed E-state index contributed by atoms with van der Waals surface area (Å²) < 4.78 is 17.3. The van der Waals surface area contributed by atoms with E-state index in [1.54, 1.807) is 36.4 Å². The van der Waals surface area contributed by atoms with Gasteiger partial charge in [0.05, 0.1) is 11.6 Å². The number of ketones is 1. The van der Waals surface area contributed by atoms with Crippen LogP contribution in [0.25, 0.3) is 5.76 Å². The van der Waals surface area contributed by atoms with Gasteiger partial charge in [-0.3, -0.25) is 14.5 Å². The zero-order valence-corrected chi connectivity index (χ0v) is 21.9. The normalized spacial score (nSPS) is 17.6. The van der Waals surface area contributed by atoms with Crippen molar-refractivity contribution in [2.75, 3.05) is 18.1 Å². The Morgan fingerprint density at radius 2 is 1.57 bits per heavy atom. The van der Waals surface area contributed by atoms with Crippen LogP contribution < -0.4 is 19.1 Å². The fraction of sp³-hybridized carbons (Fsp3) is 0.152. The Morgan fingerprint density at radius 3 is 2.30 bits per heavy atom. The Morgan fingerprint density at radius 1 is 0.875 bits per heavy atom. The van der Waals surface area contributed by atoms with Gasteiger partial charge in [-0.25, -0.2) is 0 Å². The molecule has 6 rings (SSSR count). The molecule has 0 spiro atoms. The second-order valence-electron chi connectivity index (χ2n) is 9.66. The van der Waals surface area contributed by atoms with Crippen LogP contribution in [0.1, 0.15) is 28.3 Å². The number of amides is 1. The maximum Gasteiger partial charge on any atom is 0.300 e. The minimum absolute atomic E-state index is 0.0171. The molecule has 7 heteroatoms. The topological polar surface area (TPSA) is 85.3 Å². The average Bonchev–Trinajstić information content (AvgIpc) is 3.26. The number of benzene rings is 4. The molecule has 200 valence electrons. The van der Waals surface area contributed by atoms with Crippen LogP contribution in [0.5, 0.6) is 17.2 Å².